The second-order valence-electron chi connectivity index (χ2n) is 8.03. The van der Waals surface area contributed by atoms with Crippen LogP contribution >= 0.6 is 0 Å². The highest BCUT2D eigenvalue weighted by atomic mass is 16.6. The zero-order valence-corrected chi connectivity index (χ0v) is 18.2. The second kappa shape index (κ2) is 12.1. The minimum absolute atomic E-state index is 0.775. The third-order valence-corrected chi connectivity index (χ3v) is 5.86. The average molecular weight is 423 g/mol. The van der Waals surface area contributed by atoms with Crippen molar-refractivity contribution in [3.8, 4) is 11.5 Å². The summed E-state index contributed by atoms with van der Waals surface area (Å²) in [5.74, 6) is 1.55. The fourth-order valence-electron chi connectivity index (χ4n) is 3.83. The largest absolute Gasteiger partial charge is 0.658 e. The molecule has 0 unspecified atom stereocenters. The summed E-state index contributed by atoms with van der Waals surface area (Å²) in [6, 6.07) is 16.4. The Kier molecular flexibility index (Phi) is 8.65. The lowest BCUT2D eigenvalue weighted by Gasteiger charge is -2.26. The molecule has 0 amide bonds. The number of benzene rings is 2. The molecule has 2 aliphatic rings. The van der Waals surface area contributed by atoms with Crippen LogP contribution in [-0.4, -0.2) is 83.2 Å². The van der Waals surface area contributed by atoms with E-state index in [1.165, 1.54) is 18.8 Å². The summed E-state index contributed by atoms with van der Waals surface area (Å²) in [7, 11) is 1.39. The number of morpholine rings is 2. The maximum Gasteiger partial charge on any atom is 0.658 e. The summed E-state index contributed by atoms with van der Waals surface area (Å²) >= 11 is 0. The van der Waals surface area contributed by atoms with E-state index in [0.717, 1.165) is 90.0 Å². The van der Waals surface area contributed by atoms with Gasteiger partial charge in [-0.15, -0.1) is 0 Å². The first-order valence-corrected chi connectivity index (χ1v) is 11.3. The lowest BCUT2D eigenvalue weighted by atomic mass is 10.1. The Hall–Kier alpha value is -2.06. The van der Waals surface area contributed by atoms with Crippen molar-refractivity contribution in [2.24, 2.45) is 0 Å². The highest BCUT2D eigenvalue weighted by Crippen LogP contribution is 2.15. The van der Waals surface area contributed by atoms with Gasteiger partial charge in [0.15, 0.2) is 0 Å². The maximum atomic E-state index is 5.62. The van der Waals surface area contributed by atoms with E-state index >= 15 is 0 Å². The molecule has 2 heterocycles. The molecule has 2 saturated heterocycles. The molecule has 0 aromatic heterocycles. The van der Waals surface area contributed by atoms with Crippen LogP contribution in [-0.2, 0) is 22.3 Å². The summed E-state index contributed by atoms with van der Waals surface area (Å²) in [5, 5.41) is 0. The summed E-state index contributed by atoms with van der Waals surface area (Å²) in [4.78, 5) is 4.90. The van der Waals surface area contributed by atoms with Gasteiger partial charge in [0.25, 0.3) is 0 Å². The first-order valence-electron chi connectivity index (χ1n) is 11.3. The molecule has 0 saturated carbocycles. The van der Waals surface area contributed by atoms with Gasteiger partial charge >= 0.3 is 7.69 Å². The molecular formula is C24H32BN2O4. The molecule has 0 bridgehead atoms. The van der Waals surface area contributed by atoms with Gasteiger partial charge in [-0.25, -0.2) is 0 Å². The first-order chi connectivity index (χ1) is 15.3. The van der Waals surface area contributed by atoms with E-state index in [2.05, 4.69) is 34.1 Å². The fraction of sp³-hybridized carbons (Fsp3) is 0.500. The van der Waals surface area contributed by atoms with Crippen molar-refractivity contribution in [1.82, 2.24) is 9.80 Å². The fourth-order valence-corrected chi connectivity index (χ4v) is 3.83. The minimum atomic E-state index is 0.775. The standard InChI is InChI=1S/C24H32BN2O4/c1-5-23(6-2-21(1)9-11-26-13-17-28-18-14-26)30-25-31-24-7-3-22(4-8-24)10-12-27-15-19-29-20-16-27/h1-8H,9-20H2. The van der Waals surface area contributed by atoms with Gasteiger partial charge in [0, 0.05) is 39.3 Å². The topological polar surface area (TPSA) is 43.4 Å². The summed E-state index contributed by atoms with van der Waals surface area (Å²) in [5.41, 5.74) is 2.62. The third-order valence-electron chi connectivity index (χ3n) is 5.86. The van der Waals surface area contributed by atoms with E-state index in [1.54, 1.807) is 0 Å². The molecule has 0 aliphatic carbocycles. The Labute approximate surface area is 186 Å². The van der Waals surface area contributed by atoms with E-state index in [9.17, 15) is 0 Å². The Balaban J connectivity index is 1.13. The van der Waals surface area contributed by atoms with Gasteiger partial charge in [0.05, 0.1) is 26.4 Å². The van der Waals surface area contributed by atoms with Crippen molar-refractivity contribution in [3.63, 3.8) is 0 Å². The third kappa shape index (κ3) is 7.54. The van der Waals surface area contributed by atoms with E-state index in [4.69, 9.17) is 18.8 Å². The van der Waals surface area contributed by atoms with Gasteiger partial charge in [-0.1, -0.05) is 24.3 Å². The molecule has 2 aromatic carbocycles. The van der Waals surface area contributed by atoms with Gasteiger partial charge in [-0.05, 0) is 48.2 Å². The molecule has 1 radical (unpaired) electrons. The molecule has 2 fully saturated rings. The Bertz CT molecular complexity index is 695. The van der Waals surface area contributed by atoms with Crippen LogP contribution in [0.5, 0.6) is 11.5 Å². The molecular weight excluding hydrogens is 391 g/mol. The van der Waals surface area contributed by atoms with Crippen LogP contribution in [0, 0.1) is 0 Å². The van der Waals surface area contributed by atoms with Crippen LogP contribution in [0.25, 0.3) is 0 Å². The monoisotopic (exact) mass is 423 g/mol. The van der Waals surface area contributed by atoms with Gasteiger partial charge < -0.3 is 18.8 Å². The van der Waals surface area contributed by atoms with Crippen LogP contribution in [0.15, 0.2) is 48.5 Å². The molecule has 165 valence electrons. The molecule has 0 N–H and O–H groups in total. The van der Waals surface area contributed by atoms with Crippen LogP contribution in [0.1, 0.15) is 11.1 Å². The average Bonchev–Trinajstić information content (AvgIpc) is 2.84. The first kappa shape index (κ1) is 22.2. The molecule has 2 aromatic rings. The van der Waals surface area contributed by atoms with Crippen molar-refractivity contribution in [3.05, 3.63) is 59.7 Å². The second-order valence-corrected chi connectivity index (χ2v) is 8.03. The molecule has 4 rings (SSSR count). The lowest BCUT2D eigenvalue weighted by molar-refractivity contribution is 0.0384. The zero-order chi connectivity index (χ0) is 21.1. The van der Waals surface area contributed by atoms with Gasteiger partial charge in [-0.3, -0.25) is 9.80 Å². The molecule has 0 atom stereocenters. The highest BCUT2D eigenvalue weighted by molar-refractivity contribution is 6.20. The highest BCUT2D eigenvalue weighted by Gasteiger charge is 2.11. The molecule has 2 aliphatic heterocycles. The van der Waals surface area contributed by atoms with Crippen molar-refractivity contribution in [1.29, 1.82) is 0 Å². The minimum Gasteiger partial charge on any atom is -0.526 e. The summed E-state index contributed by atoms with van der Waals surface area (Å²) < 4.78 is 22.0. The predicted octanol–water partition coefficient (Wildman–Crippen LogP) is 2.43. The van der Waals surface area contributed by atoms with Gasteiger partial charge in [-0.2, -0.15) is 0 Å². The van der Waals surface area contributed by atoms with Crippen LogP contribution in [0.2, 0.25) is 0 Å². The summed E-state index contributed by atoms with van der Waals surface area (Å²) in [6.07, 6.45) is 2.08. The van der Waals surface area contributed by atoms with Crippen LogP contribution in [0.3, 0.4) is 0 Å². The number of hydrogen-bond donors (Lipinski definition) is 0. The number of rotatable bonds is 10. The maximum absolute atomic E-state index is 5.62. The predicted molar refractivity (Wildman–Crippen MR) is 122 cm³/mol. The van der Waals surface area contributed by atoms with Crippen LogP contribution in [0.4, 0.5) is 0 Å². The number of nitrogens with zero attached hydrogens (tertiary/aromatic N) is 2. The van der Waals surface area contributed by atoms with Crippen molar-refractivity contribution < 1.29 is 18.8 Å². The molecule has 7 heteroatoms. The lowest BCUT2D eigenvalue weighted by Crippen LogP contribution is -2.37. The van der Waals surface area contributed by atoms with E-state index in [1.807, 2.05) is 24.3 Å². The van der Waals surface area contributed by atoms with Crippen molar-refractivity contribution >= 4 is 7.69 Å². The van der Waals surface area contributed by atoms with Gasteiger partial charge in [0.2, 0.25) is 0 Å². The zero-order valence-electron chi connectivity index (χ0n) is 18.2. The molecule has 6 nitrogen and oxygen atoms in total. The van der Waals surface area contributed by atoms with Crippen LogP contribution < -0.4 is 9.31 Å². The smallest absolute Gasteiger partial charge is 0.526 e. The Morgan fingerprint density at radius 1 is 0.613 bits per heavy atom. The number of hydrogen-bond acceptors (Lipinski definition) is 6. The SMILES string of the molecule is [B](Oc1ccc(CCN2CCOCC2)cc1)Oc1ccc(CCN2CCOCC2)cc1. The normalized spacial score (nSPS) is 17.9. The van der Waals surface area contributed by atoms with E-state index in [-0.39, 0.29) is 0 Å². The van der Waals surface area contributed by atoms with Crippen molar-refractivity contribution in [2.75, 3.05) is 65.7 Å². The molecule has 0 spiro atoms. The number of ether oxygens (including phenoxy) is 2. The van der Waals surface area contributed by atoms with Gasteiger partial charge in [0.1, 0.15) is 11.5 Å². The summed E-state index contributed by atoms with van der Waals surface area (Å²) in [6.45, 7) is 9.65. The molecule has 31 heavy (non-hydrogen) atoms. The Morgan fingerprint density at radius 2 is 1.00 bits per heavy atom. The van der Waals surface area contributed by atoms with E-state index < -0.39 is 0 Å². The van der Waals surface area contributed by atoms with E-state index in [0.29, 0.717) is 0 Å². The Morgan fingerprint density at radius 3 is 1.39 bits per heavy atom. The quantitative estimate of drug-likeness (QED) is 0.547. The van der Waals surface area contributed by atoms with Crippen molar-refractivity contribution in [2.45, 2.75) is 12.8 Å².